The summed E-state index contributed by atoms with van der Waals surface area (Å²) < 4.78 is 15.7. The van der Waals surface area contributed by atoms with E-state index in [1.165, 1.54) is 18.9 Å². The zero-order valence-electron chi connectivity index (χ0n) is 17.1. The number of rotatable bonds is 7. The molecule has 0 saturated carbocycles. The lowest BCUT2D eigenvalue weighted by atomic mass is 9.90. The molecule has 0 saturated heterocycles. The Labute approximate surface area is 185 Å². The Bertz CT molecular complexity index is 936. The van der Waals surface area contributed by atoms with E-state index in [1.807, 2.05) is 30.3 Å². The van der Waals surface area contributed by atoms with Crippen LogP contribution in [0.3, 0.4) is 0 Å². The maximum atomic E-state index is 13.1. The van der Waals surface area contributed by atoms with Gasteiger partial charge < -0.3 is 19.1 Å². The number of ether oxygens (including phenoxy) is 3. The SMILES string of the molecule is COC(=O)CC1c2cc(OC)c(OC)cc2CCN1C(=O)CSc1ccccc1Cl. The quantitative estimate of drug-likeness (QED) is 0.467. The second-order valence-electron chi connectivity index (χ2n) is 6.76. The van der Waals surface area contributed by atoms with Crippen molar-refractivity contribution in [2.45, 2.75) is 23.8 Å². The van der Waals surface area contributed by atoms with Gasteiger partial charge in [0, 0.05) is 11.4 Å². The second-order valence-corrected chi connectivity index (χ2v) is 8.18. The van der Waals surface area contributed by atoms with Gasteiger partial charge in [-0.1, -0.05) is 23.7 Å². The van der Waals surface area contributed by atoms with Gasteiger partial charge in [0.1, 0.15) is 0 Å². The lowest BCUT2D eigenvalue weighted by Crippen LogP contribution is -2.42. The molecule has 3 rings (SSSR count). The third kappa shape index (κ3) is 4.84. The Morgan fingerprint density at radius 1 is 1.13 bits per heavy atom. The standard InChI is InChI=1S/C22H24ClNO5S/c1-27-18-10-14-8-9-24(21(25)13-30-20-7-5-4-6-16(20)23)17(12-22(26)29-3)15(14)11-19(18)28-2/h4-7,10-11,17H,8-9,12-13H2,1-3H3. The van der Waals surface area contributed by atoms with Crippen LogP contribution in [0, 0.1) is 0 Å². The first-order chi connectivity index (χ1) is 14.5. The summed E-state index contributed by atoms with van der Waals surface area (Å²) in [5, 5.41) is 0.613. The monoisotopic (exact) mass is 449 g/mol. The van der Waals surface area contributed by atoms with Crippen molar-refractivity contribution in [1.29, 1.82) is 0 Å². The van der Waals surface area contributed by atoms with E-state index in [-0.39, 0.29) is 24.1 Å². The highest BCUT2D eigenvalue weighted by Crippen LogP contribution is 2.40. The zero-order chi connectivity index (χ0) is 21.7. The van der Waals surface area contributed by atoms with Gasteiger partial charge in [-0.3, -0.25) is 9.59 Å². The molecule has 6 nitrogen and oxygen atoms in total. The lowest BCUT2D eigenvalue weighted by Gasteiger charge is -2.37. The van der Waals surface area contributed by atoms with E-state index in [1.54, 1.807) is 25.2 Å². The number of carbonyl (C=O) groups excluding carboxylic acids is 2. The van der Waals surface area contributed by atoms with E-state index in [0.29, 0.717) is 29.5 Å². The molecule has 2 aromatic carbocycles. The molecule has 1 amide bonds. The van der Waals surface area contributed by atoms with Crippen LogP contribution < -0.4 is 9.47 Å². The molecular weight excluding hydrogens is 426 g/mol. The van der Waals surface area contributed by atoms with Crippen molar-refractivity contribution < 1.29 is 23.8 Å². The summed E-state index contributed by atoms with van der Waals surface area (Å²) in [5.41, 5.74) is 1.91. The van der Waals surface area contributed by atoms with Crippen molar-refractivity contribution in [2.75, 3.05) is 33.6 Å². The Morgan fingerprint density at radius 3 is 2.50 bits per heavy atom. The summed E-state index contributed by atoms with van der Waals surface area (Å²) in [6.45, 7) is 0.506. The average Bonchev–Trinajstić information content (AvgIpc) is 2.77. The van der Waals surface area contributed by atoms with Crippen LogP contribution in [0.2, 0.25) is 5.02 Å². The molecule has 1 atom stereocenters. The number of methoxy groups -OCH3 is 3. The normalized spacial score (nSPS) is 15.3. The number of halogens is 1. The smallest absolute Gasteiger partial charge is 0.307 e. The maximum absolute atomic E-state index is 13.1. The highest BCUT2D eigenvalue weighted by molar-refractivity contribution is 8.00. The Balaban J connectivity index is 1.87. The van der Waals surface area contributed by atoms with E-state index < -0.39 is 6.04 Å². The van der Waals surface area contributed by atoms with E-state index in [2.05, 4.69) is 0 Å². The van der Waals surface area contributed by atoms with Gasteiger partial charge in [-0.15, -0.1) is 11.8 Å². The van der Waals surface area contributed by atoms with Gasteiger partial charge in [0.15, 0.2) is 11.5 Å². The predicted molar refractivity (Wildman–Crippen MR) is 117 cm³/mol. The van der Waals surface area contributed by atoms with Gasteiger partial charge >= 0.3 is 5.97 Å². The Hall–Kier alpha value is -2.38. The molecular formula is C22H24ClNO5S. The van der Waals surface area contributed by atoms with Gasteiger partial charge in [0.25, 0.3) is 0 Å². The van der Waals surface area contributed by atoms with Crippen LogP contribution in [-0.2, 0) is 20.7 Å². The molecule has 0 bridgehead atoms. The molecule has 0 aromatic heterocycles. The first-order valence-electron chi connectivity index (χ1n) is 9.46. The number of hydrogen-bond donors (Lipinski definition) is 0. The van der Waals surface area contributed by atoms with Crippen LogP contribution in [0.15, 0.2) is 41.3 Å². The number of thioether (sulfide) groups is 1. The topological polar surface area (TPSA) is 65.1 Å². The Morgan fingerprint density at radius 2 is 1.83 bits per heavy atom. The van der Waals surface area contributed by atoms with Crippen molar-refractivity contribution in [3.63, 3.8) is 0 Å². The van der Waals surface area contributed by atoms with Crippen molar-refractivity contribution in [1.82, 2.24) is 4.90 Å². The third-order valence-corrected chi connectivity index (χ3v) is 6.60. The summed E-state index contributed by atoms with van der Waals surface area (Å²) >= 11 is 7.59. The van der Waals surface area contributed by atoms with E-state index in [9.17, 15) is 9.59 Å². The number of esters is 1. The van der Waals surface area contributed by atoms with Gasteiger partial charge in [-0.05, 0) is 41.8 Å². The maximum Gasteiger partial charge on any atom is 0.307 e. The second kappa shape index (κ2) is 10.1. The van der Waals surface area contributed by atoms with Crippen LogP contribution in [0.5, 0.6) is 11.5 Å². The van der Waals surface area contributed by atoms with Crippen LogP contribution in [0.25, 0.3) is 0 Å². The van der Waals surface area contributed by atoms with E-state index >= 15 is 0 Å². The molecule has 0 radical (unpaired) electrons. The third-order valence-electron chi connectivity index (χ3n) is 5.10. The molecule has 1 unspecified atom stereocenters. The molecule has 0 aliphatic carbocycles. The lowest BCUT2D eigenvalue weighted by molar-refractivity contribution is -0.143. The molecule has 1 aliphatic heterocycles. The fourth-order valence-electron chi connectivity index (χ4n) is 3.57. The first-order valence-corrected chi connectivity index (χ1v) is 10.8. The van der Waals surface area contributed by atoms with Crippen LogP contribution in [0.4, 0.5) is 0 Å². The summed E-state index contributed by atoms with van der Waals surface area (Å²) in [4.78, 5) is 27.8. The average molecular weight is 450 g/mol. The van der Waals surface area contributed by atoms with Crippen LogP contribution in [0.1, 0.15) is 23.6 Å². The molecule has 1 heterocycles. The minimum atomic E-state index is -0.430. The van der Waals surface area contributed by atoms with Crippen molar-refractivity contribution in [3.05, 3.63) is 52.5 Å². The molecule has 0 spiro atoms. The van der Waals surface area contributed by atoms with Crippen molar-refractivity contribution in [2.24, 2.45) is 0 Å². The fraction of sp³-hybridized carbons (Fsp3) is 0.364. The first kappa shape index (κ1) is 22.3. The minimum absolute atomic E-state index is 0.0609. The van der Waals surface area contributed by atoms with Gasteiger partial charge in [-0.2, -0.15) is 0 Å². The summed E-state index contributed by atoms with van der Waals surface area (Å²) in [5.74, 6) is 0.978. The molecule has 8 heteroatoms. The Kier molecular flexibility index (Phi) is 7.50. The predicted octanol–water partition coefficient (Wildman–Crippen LogP) is 4.14. The molecule has 160 valence electrons. The number of fused-ring (bicyclic) bond motifs is 1. The minimum Gasteiger partial charge on any atom is -0.493 e. The summed E-state index contributed by atoms with van der Waals surface area (Å²) in [6.07, 6.45) is 0.733. The summed E-state index contributed by atoms with van der Waals surface area (Å²) in [7, 11) is 4.49. The number of nitrogens with zero attached hydrogens (tertiary/aromatic N) is 1. The molecule has 0 fully saturated rings. The number of hydrogen-bond acceptors (Lipinski definition) is 6. The summed E-state index contributed by atoms with van der Waals surface area (Å²) in [6, 6.07) is 10.8. The van der Waals surface area contributed by atoms with E-state index in [0.717, 1.165) is 16.0 Å². The van der Waals surface area contributed by atoms with Gasteiger partial charge in [0.2, 0.25) is 5.91 Å². The number of benzene rings is 2. The van der Waals surface area contributed by atoms with E-state index in [4.69, 9.17) is 25.8 Å². The number of carbonyl (C=O) groups is 2. The van der Waals surface area contributed by atoms with Crippen LogP contribution in [-0.4, -0.2) is 50.4 Å². The zero-order valence-corrected chi connectivity index (χ0v) is 18.7. The largest absolute Gasteiger partial charge is 0.493 e. The molecule has 1 aliphatic rings. The molecule has 0 N–H and O–H groups in total. The molecule has 2 aromatic rings. The van der Waals surface area contributed by atoms with Gasteiger partial charge in [0.05, 0.1) is 44.6 Å². The highest BCUT2D eigenvalue weighted by atomic mass is 35.5. The molecule has 30 heavy (non-hydrogen) atoms. The van der Waals surface area contributed by atoms with Crippen LogP contribution >= 0.6 is 23.4 Å². The fourth-order valence-corrected chi connectivity index (χ4v) is 4.70. The van der Waals surface area contributed by atoms with Gasteiger partial charge in [-0.25, -0.2) is 0 Å². The van der Waals surface area contributed by atoms with Crippen molar-refractivity contribution >= 4 is 35.2 Å². The van der Waals surface area contributed by atoms with Crippen molar-refractivity contribution in [3.8, 4) is 11.5 Å². The highest BCUT2D eigenvalue weighted by Gasteiger charge is 2.34. The number of amides is 1.